The van der Waals surface area contributed by atoms with Crippen molar-refractivity contribution < 1.29 is 9.53 Å². The Labute approximate surface area is 211 Å². The highest BCUT2D eigenvalue weighted by Crippen LogP contribution is 2.46. The number of hydrogen-bond donors (Lipinski definition) is 2. The molecule has 2 unspecified atom stereocenters. The van der Waals surface area contributed by atoms with E-state index in [4.69, 9.17) is 17.0 Å². The molecule has 3 heterocycles. The molecule has 1 aliphatic heterocycles. The highest BCUT2D eigenvalue weighted by molar-refractivity contribution is 7.80. The molecule has 1 aliphatic carbocycles. The third kappa shape index (κ3) is 4.44. The summed E-state index contributed by atoms with van der Waals surface area (Å²) < 4.78 is 7.42. The van der Waals surface area contributed by atoms with Crippen LogP contribution in [0.25, 0.3) is 0 Å². The third-order valence-corrected chi connectivity index (χ3v) is 7.20. The number of hydrogen-bond acceptors (Lipinski definition) is 4. The Morgan fingerprint density at radius 2 is 2.00 bits per heavy atom. The molecule has 1 amide bonds. The average Bonchev–Trinajstić information content (AvgIpc) is 3.54. The highest BCUT2D eigenvalue weighted by atomic mass is 32.1. The fourth-order valence-electron chi connectivity index (χ4n) is 5.20. The lowest BCUT2D eigenvalue weighted by molar-refractivity contribution is -0.119. The minimum Gasteiger partial charge on any atom is -0.375 e. The van der Waals surface area contributed by atoms with E-state index in [9.17, 15) is 4.79 Å². The first-order valence-electron chi connectivity index (χ1n) is 12.0. The molecule has 2 atom stereocenters. The van der Waals surface area contributed by atoms with Crippen molar-refractivity contribution in [3.05, 3.63) is 76.9 Å². The summed E-state index contributed by atoms with van der Waals surface area (Å²) in [7, 11) is 1.51. The van der Waals surface area contributed by atoms with Gasteiger partial charge in [0, 0.05) is 42.1 Å². The molecule has 7 nitrogen and oxygen atoms in total. The maximum Gasteiger partial charge on any atom is 0.250 e. The quantitative estimate of drug-likeness (QED) is 0.460. The van der Waals surface area contributed by atoms with Gasteiger partial charge in [-0.15, -0.1) is 0 Å². The van der Waals surface area contributed by atoms with Gasteiger partial charge in [0.1, 0.15) is 6.61 Å². The van der Waals surface area contributed by atoms with Gasteiger partial charge in [0.15, 0.2) is 5.11 Å². The van der Waals surface area contributed by atoms with Crippen LogP contribution in [0.4, 0.5) is 11.4 Å². The molecule has 2 fully saturated rings. The smallest absolute Gasteiger partial charge is 0.250 e. The first-order chi connectivity index (χ1) is 16.9. The number of carbonyl (C=O) groups excluding carboxylic acids is 1. The molecular formula is C27H31N5O2S. The first kappa shape index (κ1) is 23.5. The number of carbonyl (C=O) groups is 1. The van der Waals surface area contributed by atoms with Crippen LogP contribution in [0.1, 0.15) is 59.2 Å². The number of benzene rings is 1. The summed E-state index contributed by atoms with van der Waals surface area (Å²) in [5.41, 5.74) is 7.48. The zero-order valence-electron chi connectivity index (χ0n) is 20.5. The first-order valence-corrected chi connectivity index (χ1v) is 12.4. The molecule has 0 spiro atoms. The average molecular weight is 490 g/mol. The van der Waals surface area contributed by atoms with Gasteiger partial charge in [0.2, 0.25) is 5.91 Å². The number of pyridine rings is 1. The van der Waals surface area contributed by atoms with Gasteiger partial charge in [-0.2, -0.15) is 0 Å². The molecule has 35 heavy (non-hydrogen) atoms. The lowest BCUT2D eigenvalue weighted by atomic mass is 9.96. The van der Waals surface area contributed by atoms with E-state index >= 15 is 0 Å². The Kier molecular flexibility index (Phi) is 6.34. The predicted octanol–water partition coefficient (Wildman–Crippen LogP) is 4.91. The van der Waals surface area contributed by atoms with Gasteiger partial charge in [-0.05, 0) is 93.4 Å². The number of amides is 1. The molecule has 2 aromatic heterocycles. The summed E-state index contributed by atoms with van der Waals surface area (Å²) in [6, 6.07) is 14.8. The van der Waals surface area contributed by atoms with Crippen molar-refractivity contribution in [2.45, 2.75) is 51.7 Å². The van der Waals surface area contributed by atoms with Crippen LogP contribution in [0.2, 0.25) is 0 Å². The van der Waals surface area contributed by atoms with Crippen molar-refractivity contribution in [2.24, 2.45) is 0 Å². The Hall–Kier alpha value is -3.23. The minimum absolute atomic E-state index is 0.0196. The molecule has 0 radical (unpaired) electrons. The molecule has 1 aromatic carbocycles. The SMILES string of the molecule is COCC(=O)Nc1ccc(N2C(=S)NC(c3ccccn3)C2c2cc(C)n(C3CC3)c2C)cc1C. The fraction of sp³-hybridized carbons (Fsp3) is 0.370. The maximum absolute atomic E-state index is 12.0. The number of ether oxygens (including phenoxy) is 1. The van der Waals surface area contributed by atoms with Crippen molar-refractivity contribution >= 4 is 34.6 Å². The largest absolute Gasteiger partial charge is 0.375 e. The zero-order valence-corrected chi connectivity index (χ0v) is 21.4. The maximum atomic E-state index is 12.0. The van der Waals surface area contributed by atoms with E-state index in [0.717, 1.165) is 22.6 Å². The van der Waals surface area contributed by atoms with Gasteiger partial charge in [-0.1, -0.05) is 6.07 Å². The van der Waals surface area contributed by atoms with Gasteiger partial charge in [0.25, 0.3) is 0 Å². The molecule has 5 rings (SSSR count). The lowest BCUT2D eigenvalue weighted by Gasteiger charge is -2.29. The molecule has 8 heteroatoms. The normalized spacial score (nSPS) is 19.7. The van der Waals surface area contributed by atoms with Crippen LogP contribution >= 0.6 is 12.2 Å². The van der Waals surface area contributed by atoms with E-state index in [-0.39, 0.29) is 24.6 Å². The summed E-state index contributed by atoms with van der Waals surface area (Å²) in [5, 5.41) is 7.13. The summed E-state index contributed by atoms with van der Waals surface area (Å²) in [6.45, 7) is 6.42. The van der Waals surface area contributed by atoms with Gasteiger partial charge in [-0.25, -0.2) is 0 Å². The Morgan fingerprint density at radius 1 is 1.20 bits per heavy atom. The zero-order chi connectivity index (χ0) is 24.7. The minimum atomic E-state index is -0.178. The van der Waals surface area contributed by atoms with Crippen molar-refractivity contribution in [3.63, 3.8) is 0 Å². The number of aromatic nitrogens is 2. The van der Waals surface area contributed by atoms with Gasteiger partial charge in [-0.3, -0.25) is 9.78 Å². The van der Waals surface area contributed by atoms with Crippen LogP contribution < -0.4 is 15.5 Å². The van der Waals surface area contributed by atoms with Crippen molar-refractivity contribution in [2.75, 3.05) is 23.9 Å². The highest BCUT2D eigenvalue weighted by Gasteiger charge is 2.43. The standard InChI is InChI=1S/C27H31N5O2S/c1-16-13-20(10-11-22(16)29-24(33)15-34-4)32-26(21-14-17(2)31(18(21)3)19-8-9-19)25(30-27(32)35)23-7-5-6-12-28-23/h5-7,10-14,19,25-26H,8-9,15H2,1-4H3,(H,29,33)(H,30,35). The van der Waals surface area contributed by atoms with E-state index in [2.05, 4.69) is 57.1 Å². The monoisotopic (exact) mass is 489 g/mol. The molecule has 182 valence electrons. The predicted molar refractivity (Wildman–Crippen MR) is 142 cm³/mol. The number of nitrogens with zero attached hydrogens (tertiary/aromatic N) is 3. The van der Waals surface area contributed by atoms with Gasteiger partial charge in [0.05, 0.1) is 17.8 Å². The molecule has 2 N–H and O–H groups in total. The topological polar surface area (TPSA) is 71.4 Å². The molecule has 0 bridgehead atoms. The van der Waals surface area contributed by atoms with Crippen LogP contribution in [0.5, 0.6) is 0 Å². The molecule has 2 aliphatic rings. The summed E-state index contributed by atoms with van der Waals surface area (Å²) in [4.78, 5) is 18.9. The van der Waals surface area contributed by atoms with Crippen molar-refractivity contribution in [1.82, 2.24) is 14.9 Å². The van der Waals surface area contributed by atoms with Crippen LogP contribution in [0.15, 0.2) is 48.7 Å². The molecule has 1 saturated heterocycles. The number of aryl methyl sites for hydroxylation is 2. The lowest BCUT2D eigenvalue weighted by Crippen LogP contribution is -2.29. The van der Waals surface area contributed by atoms with E-state index in [0.29, 0.717) is 11.2 Å². The van der Waals surface area contributed by atoms with Crippen LogP contribution in [-0.4, -0.2) is 34.3 Å². The summed E-state index contributed by atoms with van der Waals surface area (Å²) in [5.74, 6) is -0.178. The summed E-state index contributed by atoms with van der Waals surface area (Å²) >= 11 is 5.90. The van der Waals surface area contributed by atoms with E-state index in [1.807, 2.05) is 37.4 Å². The Balaban J connectivity index is 1.57. The second kappa shape index (κ2) is 9.43. The second-order valence-corrected chi connectivity index (χ2v) is 9.79. The molecule has 3 aromatic rings. The number of anilines is 2. The van der Waals surface area contributed by atoms with Crippen molar-refractivity contribution in [3.8, 4) is 0 Å². The Morgan fingerprint density at radius 3 is 2.66 bits per heavy atom. The number of rotatable bonds is 7. The van der Waals surface area contributed by atoms with E-state index in [1.165, 1.54) is 36.9 Å². The third-order valence-electron chi connectivity index (χ3n) is 6.89. The van der Waals surface area contributed by atoms with Crippen LogP contribution in [-0.2, 0) is 9.53 Å². The fourth-order valence-corrected chi connectivity index (χ4v) is 5.55. The Bertz CT molecular complexity index is 1270. The van der Waals surface area contributed by atoms with E-state index < -0.39 is 0 Å². The van der Waals surface area contributed by atoms with Crippen LogP contribution in [0.3, 0.4) is 0 Å². The van der Waals surface area contributed by atoms with E-state index in [1.54, 1.807) is 0 Å². The second-order valence-electron chi connectivity index (χ2n) is 9.40. The number of methoxy groups -OCH3 is 1. The molecular weight excluding hydrogens is 458 g/mol. The van der Waals surface area contributed by atoms with Crippen molar-refractivity contribution in [1.29, 1.82) is 0 Å². The van der Waals surface area contributed by atoms with Crippen LogP contribution in [0, 0.1) is 20.8 Å². The molecule has 1 saturated carbocycles. The number of thiocarbonyl (C=S) groups is 1. The number of nitrogens with one attached hydrogen (secondary N) is 2. The summed E-state index contributed by atoms with van der Waals surface area (Å²) in [6.07, 6.45) is 4.30. The van der Waals surface area contributed by atoms with Gasteiger partial charge < -0.3 is 24.8 Å². The van der Waals surface area contributed by atoms with Gasteiger partial charge >= 0.3 is 0 Å².